The molecule has 1 unspecified atom stereocenters. The number of hydrogen-bond donors (Lipinski definition) is 2. The monoisotopic (exact) mass is 342 g/mol. The number of aryl methyl sites for hydroxylation is 2. The summed E-state index contributed by atoms with van der Waals surface area (Å²) in [6.45, 7) is 7.59. The van der Waals surface area contributed by atoms with Crippen LogP contribution in [0.4, 0.5) is 11.4 Å². The van der Waals surface area contributed by atoms with Crippen LogP contribution in [0.25, 0.3) is 0 Å². The molecule has 5 heteroatoms. The minimum Gasteiger partial charge on any atom is -0.508 e. The van der Waals surface area contributed by atoms with Crippen LogP contribution in [0, 0.1) is 12.8 Å². The highest BCUT2D eigenvalue weighted by molar-refractivity contribution is 5.69. The first-order valence-corrected chi connectivity index (χ1v) is 8.40. The second-order valence-electron chi connectivity index (χ2n) is 5.85. The molecule has 0 heterocycles. The topological polar surface area (TPSA) is 82.2 Å². The summed E-state index contributed by atoms with van der Waals surface area (Å²) in [6.07, 6.45) is 1.50. The van der Waals surface area contributed by atoms with Crippen molar-refractivity contribution < 1.29 is 15.0 Å². The molecule has 2 rings (SSSR count). The average Bonchev–Trinajstić information content (AvgIpc) is 2.62. The first kappa shape index (κ1) is 20.4. The number of azo groups is 1. The van der Waals surface area contributed by atoms with Crippen molar-refractivity contribution in [2.45, 2.75) is 40.5 Å². The minimum atomic E-state index is -0.706. The molecule has 0 aliphatic carbocycles. The number of benzene rings is 2. The van der Waals surface area contributed by atoms with Gasteiger partial charge in [-0.05, 0) is 55.7 Å². The molecule has 2 aromatic rings. The Bertz CT molecular complexity index is 709. The van der Waals surface area contributed by atoms with E-state index < -0.39 is 5.97 Å². The second kappa shape index (κ2) is 10.2. The van der Waals surface area contributed by atoms with E-state index in [-0.39, 0.29) is 5.92 Å². The number of rotatable bonds is 5. The van der Waals surface area contributed by atoms with E-state index in [0.717, 1.165) is 29.8 Å². The van der Waals surface area contributed by atoms with Gasteiger partial charge in [0.05, 0.1) is 17.3 Å². The minimum absolute atomic E-state index is 0.181. The first-order chi connectivity index (χ1) is 11.9. The van der Waals surface area contributed by atoms with Crippen LogP contribution in [-0.4, -0.2) is 16.2 Å². The summed E-state index contributed by atoms with van der Waals surface area (Å²) in [5.41, 5.74) is 3.67. The molecule has 2 N–H and O–H groups in total. The van der Waals surface area contributed by atoms with Gasteiger partial charge in [-0.1, -0.05) is 38.5 Å². The summed E-state index contributed by atoms with van der Waals surface area (Å²) in [5, 5.41) is 26.1. The molecule has 2 aromatic carbocycles. The number of carboxylic acid groups (broad SMARTS) is 1. The Morgan fingerprint density at radius 3 is 2.08 bits per heavy atom. The lowest BCUT2D eigenvalue weighted by molar-refractivity contribution is -0.141. The third kappa shape index (κ3) is 7.16. The van der Waals surface area contributed by atoms with Crippen LogP contribution in [0.15, 0.2) is 52.7 Å². The van der Waals surface area contributed by atoms with Gasteiger partial charge in [-0.2, -0.15) is 10.2 Å². The molecule has 0 amide bonds. The van der Waals surface area contributed by atoms with Crippen molar-refractivity contribution in [2.24, 2.45) is 16.1 Å². The van der Waals surface area contributed by atoms with Crippen molar-refractivity contribution in [3.8, 4) is 5.75 Å². The molecule has 0 spiro atoms. The largest absolute Gasteiger partial charge is 0.508 e. The lowest BCUT2D eigenvalue weighted by Gasteiger charge is -2.01. The fourth-order valence-corrected chi connectivity index (χ4v) is 1.82. The molecule has 0 aliphatic heterocycles. The van der Waals surface area contributed by atoms with E-state index in [1.165, 1.54) is 5.56 Å². The van der Waals surface area contributed by atoms with Crippen molar-refractivity contribution in [3.63, 3.8) is 0 Å². The summed E-state index contributed by atoms with van der Waals surface area (Å²) >= 11 is 0. The van der Waals surface area contributed by atoms with Gasteiger partial charge in [0.15, 0.2) is 0 Å². The molecule has 0 aliphatic rings. The standard InChI is InChI=1S/C15H16N2O.C5H10O2/c1-3-12-10-14(8-9-15(12)18)17-16-13-6-4-11(2)5-7-13;1-3-4(2)5(6)7/h4-10,18H,3H2,1-2H3;4H,3H2,1-2H3,(H,6,7). The van der Waals surface area contributed by atoms with E-state index in [9.17, 15) is 9.90 Å². The van der Waals surface area contributed by atoms with E-state index in [1.54, 1.807) is 19.1 Å². The normalized spacial score (nSPS) is 11.7. The Morgan fingerprint density at radius 1 is 1.04 bits per heavy atom. The van der Waals surface area contributed by atoms with Gasteiger partial charge in [0.25, 0.3) is 0 Å². The van der Waals surface area contributed by atoms with Crippen LogP contribution < -0.4 is 0 Å². The Labute approximate surface area is 149 Å². The van der Waals surface area contributed by atoms with Crippen LogP contribution in [-0.2, 0) is 11.2 Å². The SMILES string of the molecule is CCC(C)C(=O)O.CCc1cc(N=Nc2ccc(C)cc2)ccc1O. The molecular formula is C20H26N2O3. The van der Waals surface area contributed by atoms with Gasteiger partial charge in [0.1, 0.15) is 5.75 Å². The maximum Gasteiger partial charge on any atom is 0.306 e. The van der Waals surface area contributed by atoms with E-state index in [1.807, 2.05) is 51.1 Å². The third-order valence-electron chi connectivity index (χ3n) is 3.79. The number of carboxylic acids is 1. The van der Waals surface area contributed by atoms with E-state index >= 15 is 0 Å². The van der Waals surface area contributed by atoms with Gasteiger partial charge in [-0.25, -0.2) is 0 Å². The Morgan fingerprint density at radius 2 is 1.60 bits per heavy atom. The fourth-order valence-electron chi connectivity index (χ4n) is 1.82. The van der Waals surface area contributed by atoms with Crippen molar-refractivity contribution in [2.75, 3.05) is 0 Å². The van der Waals surface area contributed by atoms with Crippen molar-refractivity contribution in [1.29, 1.82) is 0 Å². The molecule has 5 nitrogen and oxygen atoms in total. The summed E-state index contributed by atoms with van der Waals surface area (Å²) in [6, 6.07) is 13.1. The molecule has 0 fully saturated rings. The Hall–Kier alpha value is -2.69. The van der Waals surface area contributed by atoms with Gasteiger partial charge in [-0.15, -0.1) is 0 Å². The first-order valence-electron chi connectivity index (χ1n) is 8.40. The molecule has 134 valence electrons. The summed E-state index contributed by atoms with van der Waals surface area (Å²) < 4.78 is 0. The molecule has 0 radical (unpaired) electrons. The molecule has 0 saturated carbocycles. The molecule has 1 atom stereocenters. The van der Waals surface area contributed by atoms with Gasteiger partial charge >= 0.3 is 5.97 Å². The third-order valence-corrected chi connectivity index (χ3v) is 3.79. The maximum atomic E-state index is 9.93. The highest BCUT2D eigenvalue weighted by Gasteiger charge is 2.05. The van der Waals surface area contributed by atoms with Crippen LogP contribution in [0.2, 0.25) is 0 Å². The van der Waals surface area contributed by atoms with Gasteiger partial charge in [-0.3, -0.25) is 4.79 Å². The zero-order valence-electron chi connectivity index (χ0n) is 15.2. The molecule has 0 saturated heterocycles. The lowest BCUT2D eigenvalue weighted by atomic mass is 10.1. The molecule has 25 heavy (non-hydrogen) atoms. The van der Waals surface area contributed by atoms with Crippen LogP contribution in [0.5, 0.6) is 5.75 Å². The number of aliphatic carboxylic acids is 1. The summed E-state index contributed by atoms with van der Waals surface area (Å²) in [5.74, 6) is -0.575. The highest BCUT2D eigenvalue weighted by atomic mass is 16.4. The van der Waals surface area contributed by atoms with Gasteiger partial charge in [0.2, 0.25) is 0 Å². The number of nitrogens with zero attached hydrogens (tertiary/aromatic N) is 2. The Kier molecular flexibility index (Phi) is 8.33. The molecule has 0 aromatic heterocycles. The van der Waals surface area contributed by atoms with E-state index in [4.69, 9.17) is 5.11 Å². The van der Waals surface area contributed by atoms with Crippen molar-refractivity contribution in [3.05, 3.63) is 53.6 Å². The number of carbonyl (C=O) groups is 1. The fraction of sp³-hybridized carbons (Fsp3) is 0.350. The predicted octanol–water partition coefficient (Wildman–Crippen LogP) is 5.80. The summed E-state index contributed by atoms with van der Waals surface area (Å²) in [7, 11) is 0. The van der Waals surface area contributed by atoms with E-state index in [0.29, 0.717) is 5.75 Å². The van der Waals surface area contributed by atoms with Gasteiger partial charge in [0, 0.05) is 0 Å². The number of phenolic OH excluding ortho intramolecular Hbond substituents is 1. The zero-order valence-corrected chi connectivity index (χ0v) is 15.2. The van der Waals surface area contributed by atoms with E-state index in [2.05, 4.69) is 10.2 Å². The van der Waals surface area contributed by atoms with Crippen LogP contribution in [0.3, 0.4) is 0 Å². The smallest absolute Gasteiger partial charge is 0.306 e. The lowest BCUT2D eigenvalue weighted by Crippen LogP contribution is -2.06. The average molecular weight is 342 g/mol. The molecule has 0 bridgehead atoms. The second-order valence-corrected chi connectivity index (χ2v) is 5.85. The van der Waals surface area contributed by atoms with Crippen LogP contribution in [0.1, 0.15) is 38.3 Å². The number of hydrogen-bond acceptors (Lipinski definition) is 4. The molecular weight excluding hydrogens is 316 g/mol. The van der Waals surface area contributed by atoms with Crippen molar-refractivity contribution in [1.82, 2.24) is 0 Å². The number of phenols is 1. The zero-order chi connectivity index (χ0) is 18.8. The highest BCUT2D eigenvalue weighted by Crippen LogP contribution is 2.25. The summed E-state index contributed by atoms with van der Waals surface area (Å²) in [4.78, 5) is 9.93. The number of aromatic hydroxyl groups is 1. The predicted molar refractivity (Wildman–Crippen MR) is 99.9 cm³/mol. The van der Waals surface area contributed by atoms with Crippen molar-refractivity contribution >= 4 is 17.3 Å². The Balaban J connectivity index is 0.000000381. The quantitative estimate of drug-likeness (QED) is 0.674. The van der Waals surface area contributed by atoms with Gasteiger partial charge < -0.3 is 10.2 Å². The maximum absolute atomic E-state index is 9.93. The van der Waals surface area contributed by atoms with Crippen LogP contribution >= 0.6 is 0 Å².